The van der Waals surface area contributed by atoms with Gasteiger partial charge in [-0.1, -0.05) is 6.07 Å². The Balaban J connectivity index is 3.63. The molecule has 0 atom stereocenters. The van der Waals surface area contributed by atoms with Gasteiger partial charge in [-0.2, -0.15) is 0 Å². The van der Waals surface area contributed by atoms with Crippen LogP contribution in [0.1, 0.15) is 10.4 Å². The predicted molar refractivity (Wildman–Crippen MR) is 58.1 cm³/mol. The summed E-state index contributed by atoms with van der Waals surface area (Å²) >= 11 is 0. The highest BCUT2D eigenvalue weighted by Gasteiger charge is 2.26. The molecule has 0 saturated heterocycles. The van der Waals surface area contributed by atoms with E-state index in [0.717, 1.165) is 12.3 Å². The molecule has 0 aromatic heterocycles. The molecule has 17 heavy (non-hydrogen) atoms. The van der Waals surface area contributed by atoms with E-state index in [1.165, 1.54) is 19.2 Å². The fraction of sp³-hybridized carbons (Fsp3) is 0.200. The summed E-state index contributed by atoms with van der Waals surface area (Å²) in [5, 5.41) is 8.60. The summed E-state index contributed by atoms with van der Waals surface area (Å²) in [4.78, 5) is 21.5. The number of Topliss-reactive ketones (excluding diaryl/α,β-unsaturated/α-hetero) is 1. The van der Waals surface area contributed by atoms with Gasteiger partial charge in [0.2, 0.25) is 0 Å². The molecule has 1 aromatic rings. The summed E-state index contributed by atoms with van der Waals surface area (Å²) in [6, 6.07) is 3.83. The van der Waals surface area contributed by atoms with Crippen LogP contribution in [0.15, 0.2) is 23.1 Å². The number of methoxy groups -OCH3 is 1. The molecule has 0 saturated carbocycles. The predicted octanol–water partition coefficient (Wildman–Crippen LogP) is 0.366. The van der Waals surface area contributed by atoms with Gasteiger partial charge in [0, 0.05) is 6.26 Å². The molecule has 0 radical (unpaired) electrons. The number of hydrogen-bond donors (Lipinski definition) is 1. The highest BCUT2D eigenvalue weighted by molar-refractivity contribution is 7.91. The molecule has 1 N–H and O–H groups in total. The molecule has 0 aliphatic heterocycles. The lowest BCUT2D eigenvalue weighted by Crippen LogP contribution is -2.17. The topological polar surface area (TPSA) is 97.7 Å². The van der Waals surface area contributed by atoms with E-state index >= 15 is 0 Å². The summed E-state index contributed by atoms with van der Waals surface area (Å²) in [7, 11) is -2.53. The van der Waals surface area contributed by atoms with Crippen molar-refractivity contribution in [2.75, 3.05) is 13.4 Å². The first-order chi connectivity index (χ1) is 7.79. The number of hydrogen-bond acceptors (Lipinski definition) is 5. The van der Waals surface area contributed by atoms with Crippen molar-refractivity contribution in [3.05, 3.63) is 23.8 Å². The van der Waals surface area contributed by atoms with Gasteiger partial charge in [0.1, 0.15) is 10.6 Å². The molecule has 0 heterocycles. The Morgan fingerprint density at radius 1 is 1.29 bits per heavy atom. The van der Waals surface area contributed by atoms with Crippen LogP contribution in [0.2, 0.25) is 0 Å². The van der Waals surface area contributed by atoms with Crippen LogP contribution in [0.3, 0.4) is 0 Å². The number of carbonyl (C=O) groups excluding carboxylic acids is 1. The zero-order valence-electron chi connectivity index (χ0n) is 9.13. The summed E-state index contributed by atoms with van der Waals surface area (Å²) in [6.45, 7) is 0. The first-order valence-electron chi connectivity index (χ1n) is 4.43. The molecule has 1 aromatic carbocycles. The molecule has 0 fully saturated rings. The van der Waals surface area contributed by atoms with Crippen molar-refractivity contribution >= 4 is 21.6 Å². The van der Waals surface area contributed by atoms with Gasteiger partial charge >= 0.3 is 5.97 Å². The lowest BCUT2D eigenvalue weighted by Gasteiger charge is -2.09. The van der Waals surface area contributed by atoms with E-state index in [2.05, 4.69) is 0 Å². The van der Waals surface area contributed by atoms with Gasteiger partial charge in [-0.3, -0.25) is 4.79 Å². The van der Waals surface area contributed by atoms with E-state index in [4.69, 9.17) is 9.84 Å². The lowest BCUT2D eigenvalue weighted by molar-refractivity contribution is -0.131. The van der Waals surface area contributed by atoms with Crippen LogP contribution in [-0.2, 0) is 14.6 Å². The van der Waals surface area contributed by atoms with E-state index in [1.807, 2.05) is 0 Å². The molecule has 6 nitrogen and oxygen atoms in total. The average molecular weight is 258 g/mol. The van der Waals surface area contributed by atoms with Crippen molar-refractivity contribution < 1.29 is 27.9 Å². The Bertz CT molecular complexity index is 572. The third-order valence-electron chi connectivity index (χ3n) is 2.01. The molecule has 92 valence electrons. The largest absolute Gasteiger partial charge is 0.495 e. The molecule has 0 spiro atoms. The minimum Gasteiger partial charge on any atom is -0.495 e. The van der Waals surface area contributed by atoms with Crippen LogP contribution in [0, 0.1) is 0 Å². The normalized spacial score (nSPS) is 10.9. The van der Waals surface area contributed by atoms with E-state index in [1.54, 1.807) is 0 Å². The van der Waals surface area contributed by atoms with Gasteiger partial charge in [-0.15, -0.1) is 0 Å². The average Bonchev–Trinajstić information content (AvgIpc) is 2.25. The maximum atomic E-state index is 11.5. The molecule has 0 aliphatic carbocycles. The van der Waals surface area contributed by atoms with Crippen LogP contribution < -0.4 is 4.74 Å². The van der Waals surface area contributed by atoms with Gasteiger partial charge in [0.15, 0.2) is 9.84 Å². The molecule has 0 amide bonds. The SMILES string of the molecule is COc1cccc(C(=O)C(=O)O)c1S(C)(=O)=O. The van der Waals surface area contributed by atoms with Crippen molar-refractivity contribution in [3.8, 4) is 5.75 Å². The summed E-state index contributed by atoms with van der Waals surface area (Å²) in [5.41, 5.74) is -0.403. The third kappa shape index (κ3) is 2.62. The zero-order chi connectivity index (χ0) is 13.2. The maximum Gasteiger partial charge on any atom is 0.377 e. The van der Waals surface area contributed by atoms with Gasteiger partial charge in [-0.25, -0.2) is 13.2 Å². The van der Waals surface area contributed by atoms with Crippen LogP contribution in [-0.4, -0.2) is 38.6 Å². The first-order valence-corrected chi connectivity index (χ1v) is 6.33. The number of benzene rings is 1. The quantitative estimate of drug-likeness (QED) is 0.618. The van der Waals surface area contributed by atoms with Crippen molar-refractivity contribution in [2.45, 2.75) is 4.90 Å². The molecule has 0 bridgehead atoms. The number of carboxylic acids is 1. The second kappa shape index (κ2) is 4.54. The van der Waals surface area contributed by atoms with Crippen molar-refractivity contribution in [1.29, 1.82) is 0 Å². The molecule has 1 rings (SSSR count). The van der Waals surface area contributed by atoms with Crippen LogP contribution in [0.4, 0.5) is 0 Å². The third-order valence-corrected chi connectivity index (χ3v) is 3.17. The number of ketones is 1. The molecule has 0 unspecified atom stereocenters. The summed E-state index contributed by atoms with van der Waals surface area (Å²) < 4.78 is 27.9. The Hall–Kier alpha value is -1.89. The fourth-order valence-electron chi connectivity index (χ4n) is 1.35. The van der Waals surface area contributed by atoms with E-state index in [0.29, 0.717) is 0 Å². The molecule has 7 heteroatoms. The highest BCUT2D eigenvalue weighted by Crippen LogP contribution is 2.27. The lowest BCUT2D eigenvalue weighted by atomic mass is 10.1. The maximum absolute atomic E-state index is 11.5. The first kappa shape index (κ1) is 13.2. The molecule has 0 aliphatic rings. The minimum absolute atomic E-state index is 0.0559. The number of sulfone groups is 1. The second-order valence-corrected chi connectivity index (χ2v) is 5.20. The van der Waals surface area contributed by atoms with Crippen LogP contribution in [0.5, 0.6) is 5.75 Å². The van der Waals surface area contributed by atoms with Gasteiger partial charge in [-0.05, 0) is 12.1 Å². The number of carboxylic acid groups (broad SMARTS) is 1. The Kier molecular flexibility index (Phi) is 3.52. The summed E-state index contributed by atoms with van der Waals surface area (Å²) in [5.74, 6) is -3.06. The second-order valence-electron chi connectivity index (χ2n) is 3.24. The molecular formula is C10H10O6S. The highest BCUT2D eigenvalue weighted by atomic mass is 32.2. The Labute approximate surface area is 97.7 Å². The van der Waals surface area contributed by atoms with E-state index in [9.17, 15) is 18.0 Å². The van der Waals surface area contributed by atoms with E-state index < -0.39 is 32.0 Å². The van der Waals surface area contributed by atoms with Gasteiger partial charge in [0.05, 0.1) is 12.7 Å². The number of ether oxygens (including phenoxy) is 1. The fourth-order valence-corrected chi connectivity index (χ4v) is 2.43. The standard InChI is InChI=1S/C10H10O6S/c1-16-7-5-3-4-6(8(11)10(12)13)9(7)17(2,14)15/h3-5H,1-2H3,(H,12,13). The van der Waals surface area contributed by atoms with Gasteiger partial charge < -0.3 is 9.84 Å². The van der Waals surface area contributed by atoms with Gasteiger partial charge in [0.25, 0.3) is 5.78 Å². The molecular weight excluding hydrogens is 248 g/mol. The Morgan fingerprint density at radius 3 is 2.29 bits per heavy atom. The number of rotatable bonds is 4. The minimum atomic E-state index is -3.76. The smallest absolute Gasteiger partial charge is 0.377 e. The van der Waals surface area contributed by atoms with Crippen LogP contribution in [0.25, 0.3) is 0 Å². The Morgan fingerprint density at radius 2 is 1.88 bits per heavy atom. The monoisotopic (exact) mass is 258 g/mol. The van der Waals surface area contributed by atoms with Crippen LogP contribution >= 0.6 is 0 Å². The number of aliphatic carboxylic acids is 1. The summed E-state index contributed by atoms with van der Waals surface area (Å²) in [6.07, 6.45) is 0.878. The van der Waals surface area contributed by atoms with Crippen molar-refractivity contribution in [3.63, 3.8) is 0 Å². The van der Waals surface area contributed by atoms with Crippen molar-refractivity contribution in [1.82, 2.24) is 0 Å². The van der Waals surface area contributed by atoms with E-state index in [-0.39, 0.29) is 5.75 Å². The zero-order valence-corrected chi connectivity index (χ0v) is 9.95. The van der Waals surface area contributed by atoms with Crippen molar-refractivity contribution in [2.24, 2.45) is 0 Å². The number of carbonyl (C=O) groups is 2.